The summed E-state index contributed by atoms with van der Waals surface area (Å²) < 4.78 is 15.1. The van der Waals surface area contributed by atoms with Crippen LogP contribution in [0.1, 0.15) is 23.2 Å². The number of amides is 1. The number of benzene rings is 1. The Kier molecular flexibility index (Phi) is 3.45. The first-order valence-electron chi connectivity index (χ1n) is 6.74. The van der Waals surface area contributed by atoms with Crippen molar-refractivity contribution in [2.24, 2.45) is 7.05 Å². The molecule has 3 rings (SSSR count). The average molecular weight is 308 g/mol. The van der Waals surface area contributed by atoms with Gasteiger partial charge in [0.2, 0.25) is 5.91 Å². The molecule has 2 heterocycles. The highest BCUT2D eigenvalue weighted by Gasteiger charge is 2.26. The lowest BCUT2D eigenvalue weighted by Crippen LogP contribution is -2.34. The van der Waals surface area contributed by atoms with Gasteiger partial charge in [0.15, 0.2) is 0 Å². The maximum Gasteiger partial charge on any atom is 0.227 e. The lowest BCUT2D eigenvalue weighted by atomic mass is 10.0. The molecule has 1 aliphatic rings. The summed E-state index contributed by atoms with van der Waals surface area (Å²) in [5, 5.41) is 4.75. The topological polar surface area (TPSA) is 38.1 Å². The summed E-state index contributed by atoms with van der Waals surface area (Å²) in [5.74, 6) is -0.366. The lowest BCUT2D eigenvalue weighted by molar-refractivity contribution is -0.119. The molecule has 0 bridgehead atoms. The van der Waals surface area contributed by atoms with Gasteiger partial charge in [0.25, 0.3) is 0 Å². The molecule has 0 unspecified atom stereocenters. The predicted octanol–water partition coefficient (Wildman–Crippen LogP) is 3.00. The van der Waals surface area contributed by atoms with E-state index in [9.17, 15) is 9.18 Å². The second kappa shape index (κ2) is 5.15. The number of fused-ring (bicyclic) bond motifs is 1. The predicted molar refractivity (Wildman–Crippen MR) is 78.9 cm³/mol. The molecule has 1 aromatic carbocycles. The number of aryl methyl sites for hydroxylation is 3. The maximum atomic E-state index is 13.5. The highest BCUT2D eigenvalue weighted by Crippen LogP contribution is 2.31. The molecular formula is C15H15ClFN3O. The lowest BCUT2D eigenvalue weighted by Gasteiger charge is -2.29. The molecule has 0 saturated heterocycles. The number of halogens is 2. The summed E-state index contributed by atoms with van der Waals surface area (Å²) in [6.07, 6.45) is 1.07. The zero-order valence-corrected chi connectivity index (χ0v) is 12.6. The van der Waals surface area contributed by atoms with Gasteiger partial charge in [-0.3, -0.25) is 9.48 Å². The number of hydrogen-bond donors (Lipinski definition) is 0. The van der Waals surface area contributed by atoms with Crippen LogP contribution < -0.4 is 4.90 Å². The van der Waals surface area contributed by atoms with Crippen LogP contribution in [0.3, 0.4) is 0 Å². The second-order valence-corrected chi connectivity index (χ2v) is 5.59. The summed E-state index contributed by atoms with van der Waals surface area (Å²) in [6.45, 7) is 2.16. The van der Waals surface area contributed by atoms with E-state index < -0.39 is 0 Å². The normalized spacial score (nSPS) is 14.5. The van der Waals surface area contributed by atoms with Gasteiger partial charge in [0.1, 0.15) is 11.0 Å². The third kappa shape index (κ3) is 2.42. The van der Waals surface area contributed by atoms with Crippen molar-refractivity contribution in [3.8, 4) is 0 Å². The number of rotatable bonds is 2. The van der Waals surface area contributed by atoms with E-state index in [0.29, 0.717) is 30.2 Å². The zero-order chi connectivity index (χ0) is 15.1. The Balaban J connectivity index is 2.02. The van der Waals surface area contributed by atoms with Crippen molar-refractivity contribution >= 4 is 23.2 Å². The Hall–Kier alpha value is -1.88. The molecule has 4 nitrogen and oxygen atoms in total. The van der Waals surface area contributed by atoms with Crippen molar-refractivity contribution in [2.45, 2.75) is 26.3 Å². The highest BCUT2D eigenvalue weighted by atomic mass is 35.5. The minimum atomic E-state index is -0.345. The van der Waals surface area contributed by atoms with Gasteiger partial charge in [-0.05, 0) is 31.0 Å². The van der Waals surface area contributed by atoms with Crippen molar-refractivity contribution in [1.29, 1.82) is 0 Å². The molecule has 1 amide bonds. The van der Waals surface area contributed by atoms with Crippen LogP contribution >= 0.6 is 11.6 Å². The number of carbonyl (C=O) groups is 1. The summed E-state index contributed by atoms with van der Waals surface area (Å²) >= 11 is 6.23. The molecule has 0 radical (unpaired) electrons. The van der Waals surface area contributed by atoms with Gasteiger partial charge in [-0.15, -0.1) is 0 Å². The fourth-order valence-corrected chi connectivity index (χ4v) is 2.93. The molecule has 0 atom stereocenters. The Bertz CT molecular complexity index is 726. The highest BCUT2D eigenvalue weighted by molar-refractivity contribution is 6.30. The van der Waals surface area contributed by atoms with E-state index in [1.165, 1.54) is 12.1 Å². The number of nitrogens with zero attached hydrogens (tertiary/aromatic N) is 3. The fraction of sp³-hybridized carbons (Fsp3) is 0.333. The maximum absolute atomic E-state index is 13.5. The molecule has 0 aliphatic carbocycles. The summed E-state index contributed by atoms with van der Waals surface area (Å²) in [6, 6.07) is 4.57. The summed E-state index contributed by atoms with van der Waals surface area (Å²) in [7, 11) is 1.75. The van der Waals surface area contributed by atoms with Gasteiger partial charge in [-0.25, -0.2) is 4.39 Å². The summed E-state index contributed by atoms with van der Waals surface area (Å²) in [5.41, 5.74) is 3.18. The molecule has 21 heavy (non-hydrogen) atoms. The van der Waals surface area contributed by atoms with E-state index in [0.717, 1.165) is 16.8 Å². The van der Waals surface area contributed by atoms with Crippen molar-refractivity contribution in [2.75, 3.05) is 4.90 Å². The minimum absolute atomic E-state index is 0.0209. The Morgan fingerprint density at radius 1 is 1.38 bits per heavy atom. The van der Waals surface area contributed by atoms with Gasteiger partial charge in [-0.2, -0.15) is 5.10 Å². The van der Waals surface area contributed by atoms with E-state index in [1.807, 2.05) is 6.92 Å². The average Bonchev–Trinajstić information content (AvgIpc) is 2.68. The standard InChI is InChI=1S/C15H15ClFN3O/c1-9-12(15(16)19(2)18-9)8-20-13-7-11(17)5-3-10(13)4-6-14(20)21/h3,5,7H,4,6,8H2,1-2H3. The molecule has 0 saturated carbocycles. The van der Waals surface area contributed by atoms with Crippen LogP contribution in [0.4, 0.5) is 10.1 Å². The van der Waals surface area contributed by atoms with Gasteiger partial charge in [0, 0.05) is 19.0 Å². The largest absolute Gasteiger partial charge is 0.307 e. The SMILES string of the molecule is Cc1nn(C)c(Cl)c1CN1C(=O)CCc2ccc(F)cc21. The first kappa shape index (κ1) is 14.1. The molecule has 1 aromatic heterocycles. The third-order valence-electron chi connectivity index (χ3n) is 3.83. The van der Waals surface area contributed by atoms with Gasteiger partial charge in [-0.1, -0.05) is 17.7 Å². The summed E-state index contributed by atoms with van der Waals surface area (Å²) in [4.78, 5) is 13.8. The zero-order valence-electron chi connectivity index (χ0n) is 11.9. The molecule has 0 spiro atoms. The van der Waals surface area contributed by atoms with Crippen LogP contribution in [0.2, 0.25) is 5.15 Å². The van der Waals surface area contributed by atoms with E-state index in [1.54, 1.807) is 22.7 Å². The first-order chi connectivity index (χ1) is 9.97. The van der Waals surface area contributed by atoms with Crippen LogP contribution in [0, 0.1) is 12.7 Å². The monoisotopic (exact) mass is 307 g/mol. The quantitative estimate of drug-likeness (QED) is 0.855. The van der Waals surface area contributed by atoms with Crippen molar-refractivity contribution in [3.63, 3.8) is 0 Å². The Labute approximate surface area is 127 Å². The van der Waals surface area contributed by atoms with Crippen LogP contribution in [0.5, 0.6) is 0 Å². The van der Waals surface area contributed by atoms with Crippen LogP contribution in [-0.2, 0) is 24.8 Å². The van der Waals surface area contributed by atoms with E-state index >= 15 is 0 Å². The van der Waals surface area contributed by atoms with Crippen molar-refractivity contribution in [3.05, 3.63) is 46.0 Å². The molecule has 0 N–H and O–H groups in total. The van der Waals surface area contributed by atoms with E-state index in [4.69, 9.17) is 11.6 Å². The van der Waals surface area contributed by atoms with Crippen LogP contribution in [-0.4, -0.2) is 15.7 Å². The first-order valence-corrected chi connectivity index (χ1v) is 7.12. The smallest absolute Gasteiger partial charge is 0.227 e. The molecule has 110 valence electrons. The number of hydrogen-bond acceptors (Lipinski definition) is 2. The van der Waals surface area contributed by atoms with Crippen LogP contribution in [0.15, 0.2) is 18.2 Å². The van der Waals surface area contributed by atoms with E-state index in [2.05, 4.69) is 5.10 Å². The van der Waals surface area contributed by atoms with Crippen molar-refractivity contribution in [1.82, 2.24) is 9.78 Å². The van der Waals surface area contributed by atoms with Gasteiger partial charge in [0.05, 0.1) is 17.9 Å². The third-order valence-corrected chi connectivity index (χ3v) is 4.31. The molecule has 6 heteroatoms. The van der Waals surface area contributed by atoms with Gasteiger partial charge < -0.3 is 4.90 Å². The van der Waals surface area contributed by atoms with Gasteiger partial charge >= 0.3 is 0 Å². The molecule has 2 aromatic rings. The Morgan fingerprint density at radius 2 is 2.14 bits per heavy atom. The fourth-order valence-electron chi connectivity index (χ4n) is 2.70. The van der Waals surface area contributed by atoms with Crippen molar-refractivity contribution < 1.29 is 9.18 Å². The molecule has 1 aliphatic heterocycles. The number of anilines is 1. The molecular weight excluding hydrogens is 293 g/mol. The number of aromatic nitrogens is 2. The Morgan fingerprint density at radius 3 is 2.81 bits per heavy atom. The molecule has 0 fully saturated rings. The minimum Gasteiger partial charge on any atom is -0.307 e. The number of carbonyl (C=O) groups excluding carboxylic acids is 1. The second-order valence-electron chi connectivity index (χ2n) is 5.23. The van der Waals surface area contributed by atoms with E-state index in [-0.39, 0.29) is 11.7 Å². The van der Waals surface area contributed by atoms with Crippen LogP contribution in [0.25, 0.3) is 0 Å².